The third-order valence-corrected chi connectivity index (χ3v) is 6.61. The van der Waals surface area contributed by atoms with Gasteiger partial charge in [-0.2, -0.15) is 0 Å². The van der Waals surface area contributed by atoms with Crippen LogP contribution in [0.25, 0.3) is 10.6 Å². The van der Waals surface area contributed by atoms with Crippen molar-refractivity contribution in [2.75, 3.05) is 46.1 Å². The van der Waals surface area contributed by atoms with E-state index in [0.717, 1.165) is 11.4 Å². The fourth-order valence-electron chi connectivity index (χ4n) is 4.87. The van der Waals surface area contributed by atoms with E-state index in [0.29, 0.717) is 31.9 Å². The summed E-state index contributed by atoms with van der Waals surface area (Å²) in [7, 11) is 3.04. The zero-order valence-electron chi connectivity index (χ0n) is 22.6. The van der Waals surface area contributed by atoms with Gasteiger partial charge in [0.15, 0.2) is 0 Å². The minimum absolute atomic E-state index is 0. The van der Waals surface area contributed by atoms with E-state index in [1.54, 1.807) is 13.8 Å². The Morgan fingerprint density at radius 3 is 1.47 bits per heavy atom. The molecular formula is C25H40CuN6O4. The van der Waals surface area contributed by atoms with E-state index >= 15 is 0 Å². The SMILES string of the molecule is CO[C@]1(C)CN2Cc3cc(N)cc(n3)CN(CC(C)(C)[N-]C1=O)C[C@](C)(OC)C(=O)[N-]C(C)(C)C2.[Cu+2]. The number of amides is 2. The molecule has 2 amide bonds. The molecule has 0 spiro atoms. The molecule has 3 heterocycles. The normalized spacial score (nSPS) is 32.6. The van der Waals surface area contributed by atoms with Crippen molar-refractivity contribution in [2.24, 2.45) is 0 Å². The fourth-order valence-corrected chi connectivity index (χ4v) is 4.87. The Labute approximate surface area is 225 Å². The van der Waals surface area contributed by atoms with Gasteiger partial charge in [-0.15, -0.1) is 0 Å². The summed E-state index contributed by atoms with van der Waals surface area (Å²) >= 11 is 0. The molecule has 4 bridgehead atoms. The smallest absolute Gasteiger partial charge is 0.645 e. The van der Waals surface area contributed by atoms with Crippen LogP contribution >= 0.6 is 0 Å². The maximum absolute atomic E-state index is 13.5. The van der Waals surface area contributed by atoms with Gasteiger partial charge in [0.1, 0.15) is 11.2 Å². The van der Waals surface area contributed by atoms with Crippen LogP contribution in [0.3, 0.4) is 0 Å². The largest absolute Gasteiger partial charge is 2.00 e. The summed E-state index contributed by atoms with van der Waals surface area (Å²) in [5.74, 6) is -0.656. The molecule has 2 N–H and O–H groups in total. The summed E-state index contributed by atoms with van der Waals surface area (Å²) in [6, 6.07) is 3.68. The minimum Gasteiger partial charge on any atom is -0.645 e. The van der Waals surface area contributed by atoms with Gasteiger partial charge in [0, 0.05) is 46.1 Å². The van der Waals surface area contributed by atoms with Gasteiger partial charge in [0.2, 0.25) is 0 Å². The van der Waals surface area contributed by atoms with Crippen LogP contribution in [0.2, 0.25) is 0 Å². The Balaban J connectivity index is 0.00000456. The van der Waals surface area contributed by atoms with E-state index in [2.05, 4.69) is 10.6 Å². The summed E-state index contributed by atoms with van der Waals surface area (Å²) in [5.41, 5.74) is 4.52. The standard InChI is InChI=1S/C25H42N6O4.Cu/c1-22(2)13-30-11-18-9-17(26)10-19(27-18)12-31(16-24(5,34-7)20(32)28-22)14-23(3,4)29-21(33)25(6,15-30)35-8;/h9-10H,11-16H2,1-8H3,(H4,26,27,28,29,32,33);/q;+2/p-2/t24-,25+;. The molecule has 1 aromatic rings. The molecule has 0 aromatic carbocycles. The molecule has 0 saturated heterocycles. The van der Waals surface area contributed by atoms with E-state index in [4.69, 9.17) is 20.2 Å². The number of aromatic nitrogens is 1. The van der Waals surface area contributed by atoms with Crippen molar-refractivity contribution in [1.29, 1.82) is 0 Å². The van der Waals surface area contributed by atoms with Crippen molar-refractivity contribution in [3.63, 3.8) is 0 Å². The number of hydrogen-bond acceptors (Lipinski definition) is 8. The van der Waals surface area contributed by atoms with Crippen LogP contribution in [-0.4, -0.2) is 89.3 Å². The molecule has 2 aliphatic rings. The first-order chi connectivity index (χ1) is 16.1. The molecule has 0 saturated carbocycles. The molecule has 205 valence electrons. The van der Waals surface area contributed by atoms with Crippen LogP contribution in [0.4, 0.5) is 5.69 Å². The van der Waals surface area contributed by atoms with E-state index in [1.807, 2.05) is 49.6 Å². The van der Waals surface area contributed by atoms with Gasteiger partial charge >= 0.3 is 17.1 Å². The number of hydrogen-bond donors (Lipinski definition) is 1. The summed E-state index contributed by atoms with van der Waals surface area (Å²) in [4.78, 5) is 35.9. The minimum atomic E-state index is -1.19. The summed E-state index contributed by atoms with van der Waals surface area (Å²) in [5, 5.41) is 9.19. The topological polar surface area (TPSA) is 126 Å². The number of nitrogens with two attached hydrogens (primary N) is 1. The summed E-state index contributed by atoms with van der Waals surface area (Å²) in [6.45, 7) is 13.1. The predicted molar refractivity (Wildman–Crippen MR) is 135 cm³/mol. The molecule has 36 heavy (non-hydrogen) atoms. The van der Waals surface area contributed by atoms with Crippen LogP contribution in [0.5, 0.6) is 0 Å². The molecule has 4 atom stereocenters. The zero-order chi connectivity index (χ0) is 26.2. The van der Waals surface area contributed by atoms with Crippen LogP contribution in [0, 0.1) is 0 Å². The van der Waals surface area contributed by atoms with Crippen molar-refractivity contribution in [3.05, 3.63) is 34.2 Å². The maximum atomic E-state index is 13.5. The van der Waals surface area contributed by atoms with Crippen LogP contribution in [0.15, 0.2) is 12.1 Å². The van der Waals surface area contributed by atoms with Crippen molar-refractivity contribution in [1.82, 2.24) is 14.8 Å². The predicted octanol–water partition coefficient (Wildman–Crippen LogP) is 2.46. The number of nitrogen functional groups attached to an aromatic ring is 1. The second kappa shape index (κ2) is 10.9. The Bertz CT molecular complexity index is 902. The monoisotopic (exact) mass is 551 g/mol. The number of ether oxygens (including phenoxy) is 2. The molecule has 0 aliphatic carbocycles. The van der Waals surface area contributed by atoms with E-state index in [9.17, 15) is 9.59 Å². The van der Waals surface area contributed by atoms with Crippen LogP contribution in [0.1, 0.15) is 52.9 Å². The number of carbonyl (C=O) groups is 2. The molecular weight excluding hydrogens is 512 g/mol. The first-order valence-corrected chi connectivity index (χ1v) is 11.9. The molecule has 1 radical (unpaired) electrons. The molecule has 1 aromatic heterocycles. The zero-order valence-corrected chi connectivity index (χ0v) is 23.6. The number of rotatable bonds is 2. The average Bonchev–Trinajstić information content (AvgIpc) is 2.70. The van der Waals surface area contributed by atoms with Gasteiger partial charge in [-0.1, -0.05) is 38.8 Å². The van der Waals surface area contributed by atoms with Crippen molar-refractivity contribution >= 4 is 17.5 Å². The average molecular weight is 552 g/mol. The van der Waals surface area contributed by atoms with Crippen molar-refractivity contribution in [2.45, 2.75) is 76.9 Å². The Kier molecular flexibility index (Phi) is 9.25. The molecule has 2 unspecified atom stereocenters. The molecule has 11 heteroatoms. The molecule has 0 fully saturated rings. The van der Waals surface area contributed by atoms with E-state index in [-0.39, 0.29) is 42.0 Å². The molecule has 2 aliphatic heterocycles. The summed E-state index contributed by atoms with van der Waals surface area (Å²) in [6.07, 6.45) is 0. The third-order valence-electron chi connectivity index (χ3n) is 6.61. The second-order valence-electron chi connectivity index (χ2n) is 11.5. The van der Waals surface area contributed by atoms with Crippen LogP contribution in [-0.2, 0) is 49.2 Å². The van der Waals surface area contributed by atoms with Gasteiger partial charge in [-0.25, -0.2) is 0 Å². The van der Waals surface area contributed by atoms with E-state index in [1.165, 1.54) is 14.2 Å². The first kappa shape index (κ1) is 30.5. The Hall–Kier alpha value is -1.75. The van der Waals surface area contributed by atoms with Gasteiger partial charge < -0.3 is 35.4 Å². The fraction of sp³-hybridized carbons (Fsp3) is 0.720. The van der Waals surface area contributed by atoms with Crippen molar-refractivity contribution in [3.8, 4) is 0 Å². The van der Waals surface area contributed by atoms with Gasteiger partial charge in [-0.3, -0.25) is 14.8 Å². The number of fused-ring (bicyclic) bond motifs is 2. The number of nitrogens with zero attached hydrogens (tertiary/aromatic N) is 5. The first-order valence-electron chi connectivity index (χ1n) is 11.9. The number of carbonyl (C=O) groups excluding carboxylic acids is 2. The number of anilines is 1. The van der Waals surface area contributed by atoms with E-state index < -0.39 is 22.3 Å². The number of methoxy groups -OCH3 is 2. The van der Waals surface area contributed by atoms with Gasteiger partial charge in [0.05, 0.1) is 23.2 Å². The number of pyridine rings is 1. The quantitative estimate of drug-likeness (QED) is 0.555. The second-order valence-corrected chi connectivity index (χ2v) is 11.5. The molecule has 10 nitrogen and oxygen atoms in total. The van der Waals surface area contributed by atoms with Gasteiger partial charge in [0.25, 0.3) is 0 Å². The Morgan fingerprint density at radius 2 is 1.14 bits per heavy atom. The summed E-state index contributed by atoms with van der Waals surface area (Å²) < 4.78 is 11.5. The third kappa shape index (κ3) is 7.18. The molecule has 3 rings (SSSR count). The Morgan fingerprint density at radius 1 is 0.778 bits per heavy atom. The maximum Gasteiger partial charge on any atom is 2.00 e. The van der Waals surface area contributed by atoms with Gasteiger partial charge in [-0.05, 0) is 39.1 Å². The van der Waals surface area contributed by atoms with Crippen LogP contribution < -0.4 is 5.73 Å². The van der Waals surface area contributed by atoms with Crippen molar-refractivity contribution < 1.29 is 36.1 Å².